The van der Waals surface area contributed by atoms with Gasteiger partial charge in [0, 0.05) is 11.1 Å². The Morgan fingerprint density at radius 3 is 2.81 bits per heavy atom. The van der Waals surface area contributed by atoms with Crippen molar-refractivity contribution in [2.45, 2.75) is 6.42 Å². The highest BCUT2D eigenvalue weighted by atomic mass is 35.5. The Morgan fingerprint density at radius 1 is 1.11 bits per heavy atom. The molecule has 0 fully saturated rings. The van der Waals surface area contributed by atoms with E-state index in [1.54, 1.807) is 12.1 Å². The van der Waals surface area contributed by atoms with Crippen molar-refractivity contribution >= 4 is 28.2 Å². The lowest BCUT2D eigenvalue weighted by molar-refractivity contribution is 0.310. The van der Waals surface area contributed by atoms with Crippen LogP contribution in [0.5, 0.6) is 11.6 Å². The zero-order valence-electron chi connectivity index (χ0n) is 14.8. The molecular weight excluding hydrogens is 371 g/mol. The van der Waals surface area contributed by atoms with Crippen molar-refractivity contribution < 1.29 is 13.9 Å². The highest BCUT2D eigenvalue weighted by Crippen LogP contribution is 2.25. The Hall–Kier alpha value is -2.64. The monoisotopic (exact) mass is 390 g/mol. The molecular formula is C19H20ClFN4O2. The van der Waals surface area contributed by atoms with Gasteiger partial charge in [-0.3, -0.25) is 0 Å². The van der Waals surface area contributed by atoms with Gasteiger partial charge < -0.3 is 20.1 Å². The maximum atomic E-state index is 13.8. The van der Waals surface area contributed by atoms with Crippen molar-refractivity contribution in [2.75, 3.05) is 32.2 Å². The number of rotatable bonds is 9. The minimum absolute atomic E-state index is 0.0485. The number of hydrogen-bond donors (Lipinski definition) is 2. The van der Waals surface area contributed by atoms with E-state index in [9.17, 15) is 4.39 Å². The molecule has 8 heteroatoms. The SMILES string of the molecule is CNCCCOc1ccc2c(OCNc3ccc(Cl)cc3F)ncnc2c1. The Balaban J connectivity index is 1.64. The van der Waals surface area contributed by atoms with Crippen molar-refractivity contribution in [3.05, 3.63) is 53.6 Å². The minimum atomic E-state index is -0.446. The molecule has 0 atom stereocenters. The van der Waals surface area contributed by atoms with Crippen LogP contribution in [-0.2, 0) is 0 Å². The first-order valence-electron chi connectivity index (χ1n) is 8.51. The number of hydrogen-bond acceptors (Lipinski definition) is 6. The van der Waals surface area contributed by atoms with E-state index in [0.717, 1.165) is 24.1 Å². The van der Waals surface area contributed by atoms with Crippen molar-refractivity contribution in [2.24, 2.45) is 0 Å². The third-order valence-electron chi connectivity index (χ3n) is 3.81. The van der Waals surface area contributed by atoms with Crippen LogP contribution in [0.15, 0.2) is 42.7 Å². The molecule has 6 nitrogen and oxygen atoms in total. The Morgan fingerprint density at radius 2 is 2.00 bits per heavy atom. The van der Waals surface area contributed by atoms with Crippen LogP contribution in [0.2, 0.25) is 5.02 Å². The van der Waals surface area contributed by atoms with E-state index >= 15 is 0 Å². The molecule has 0 radical (unpaired) electrons. The largest absolute Gasteiger partial charge is 0.493 e. The van der Waals surface area contributed by atoms with E-state index in [2.05, 4.69) is 20.6 Å². The summed E-state index contributed by atoms with van der Waals surface area (Å²) in [6.07, 6.45) is 2.34. The van der Waals surface area contributed by atoms with Gasteiger partial charge in [-0.2, -0.15) is 0 Å². The summed E-state index contributed by atoms with van der Waals surface area (Å²) in [6, 6.07) is 9.94. The van der Waals surface area contributed by atoms with E-state index in [0.29, 0.717) is 28.7 Å². The summed E-state index contributed by atoms with van der Waals surface area (Å²) < 4.78 is 25.1. The fourth-order valence-electron chi connectivity index (χ4n) is 2.47. The third-order valence-corrected chi connectivity index (χ3v) is 4.05. The standard InChI is InChI=1S/C19H20ClFN4O2/c1-22-7-2-8-26-14-4-5-15-18(10-14)23-11-24-19(15)27-12-25-17-6-3-13(20)9-16(17)21/h3-6,9-11,22,25H,2,7-8,12H2,1H3. The van der Waals surface area contributed by atoms with Gasteiger partial charge in [0.1, 0.15) is 17.9 Å². The van der Waals surface area contributed by atoms with Crippen LogP contribution in [0.1, 0.15) is 6.42 Å². The van der Waals surface area contributed by atoms with E-state index in [1.165, 1.54) is 12.4 Å². The topological polar surface area (TPSA) is 68.3 Å². The maximum Gasteiger partial charge on any atom is 0.226 e. The predicted molar refractivity (Wildman–Crippen MR) is 104 cm³/mol. The van der Waals surface area contributed by atoms with Crippen molar-refractivity contribution in [3.63, 3.8) is 0 Å². The molecule has 0 unspecified atom stereocenters. The fourth-order valence-corrected chi connectivity index (χ4v) is 2.63. The lowest BCUT2D eigenvalue weighted by Crippen LogP contribution is -2.11. The van der Waals surface area contributed by atoms with Gasteiger partial charge in [0.15, 0.2) is 6.73 Å². The lowest BCUT2D eigenvalue weighted by Gasteiger charge is -2.11. The van der Waals surface area contributed by atoms with Gasteiger partial charge in [0.05, 0.1) is 23.2 Å². The van der Waals surface area contributed by atoms with Gasteiger partial charge >= 0.3 is 0 Å². The number of nitrogens with one attached hydrogen (secondary N) is 2. The molecule has 3 rings (SSSR count). The highest BCUT2D eigenvalue weighted by molar-refractivity contribution is 6.30. The van der Waals surface area contributed by atoms with Crippen LogP contribution in [0, 0.1) is 5.82 Å². The van der Waals surface area contributed by atoms with Crippen LogP contribution in [0.25, 0.3) is 10.9 Å². The summed E-state index contributed by atoms with van der Waals surface area (Å²) in [7, 11) is 1.91. The molecule has 27 heavy (non-hydrogen) atoms. The minimum Gasteiger partial charge on any atom is -0.493 e. The van der Waals surface area contributed by atoms with E-state index in [-0.39, 0.29) is 6.73 Å². The van der Waals surface area contributed by atoms with E-state index < -0.39 is 5.82 Å². The average molecular weight is 391 g/mol. The van der Waals surface area contributed by atoms with Crippen molar-refractivity contribution in [1.29, 1.82) is 0 Å². The zero-order valence-corrected chi connectivity index (χ0v) is 15.6. The second-order valence-corrected chi connectivity index (χ2v) is 6.19. The van der Waals surface area contributed by atoms with Gasteiger partial charge in [-0.15, -0.1) is 0 Å². The van der Waals surface area contributed by atoms with Crippen molar-refractivity contribution in [3.8, 4) is 11.6 Å². The molecule has 0 aliphatic heterocycles. The van der Waals surface area contributed by atoms with Gasteiger partial charge in [0.25, 0.3) is 0 Å². The molecule has 0 saturated carbocycles. The second kappa shape index (κ2) is 9.34. The summed E-state index contributed by atoms with van der Waals surface area (Å²) in [5.74, 6) is 0.701. The molecule has 0 saturated heterocycles. The lowest BCUT2D eigenvalue weighted by atomic mass is 10.2. The number of fused-ring (bicyclic) bond motifs is 1. The summed E-state index contributed by atoms with van der Waals surface area (Å²) in [6.45, 7) is 1.57. The number of nitrogens with zero attached hydrogens (tertiary/aromatic N) is 2. The normalized spacial score (nSPS) is 10.8. The molecule has 142 valence electrons. The Labute approximate surface area is 161 Å². The first-order valence-corrected chi connectivity index (χ1v) is 8.89. The van der Waals surface area contributed by atoms with Gasteiger partial charge in [-0.05, 0) is 50.3 Å². The van der Waals surface area contributed by atoms with E-state index in [1.807, 2.05) is 25.2 Å². The third kappa shape index (κ3) is 5.18. The first-order chi connectivity index (χ1) is 13.2. The molecule has 0 aliphatic rings. The number of benzene rings is 2. The number of halogens is 2. The number of ether oxygens (including phenoxy) is 2. The molecule has 3 aromatic rings. The van der Waals surface area contributed by atoms with Crippen LogP contribution in [-0.4, -0.2) is 36.9 Å². The highest BCUT2D eigenvalue weighted by Gasteiger charge is 2.08. The smallest absolute Gasteiger partial charge is 0.226 e. The van der Waals surface area contributed by atoms with E-state index in [4.69, 9.17) is 21.1 Å². The van der Waals surface area contributed by atoms with Crippen LogP contribution >= 0.6 is 11.6 Å². The quantitative estimate of drug-likeness (QED) is 0.427. The zero-order chi connectivity index (χ0) is 19.1. The molecule has 1 heterocycles. The van der Waals surface area contributed by atoms with Crippen molar-refractivity contribution in [1.82, 2.24) is 15.3 Å². The second-order valence-electron chi connectivity index (χ2n) is 5.75. The van der Waals surface area contributed by atoms with Crippen LogP contribution in [0.3, 0.4) is 0 Å². The van der Waals surface area contributed by atoms with Crippen LogP contribution < -0.4 is 20.1 Å². The maximum absolute atomic E-state index is 13.8. The molecule has 0 spiro atoms. The number of anilines is 1. The summed E-state index contributed by atoms with van der Waals surface area (Å²) in [5, 5.41) is 7.02. The van der Waals surface area contributed by atoms with Gasteiger partial charge in [-0.1, -0.05) is 11.6 Å². The summed E-state index contributed by atoms with van der Waals surface area (Å²) >= 11 is 5.74. The fraction of sp³-hybridized carbons (Fsp3) is 0.263. The first kappa shape index (κ1) is 19.1. The molecule has 1 aromatic heterocycles. The van der Waals surface area contributed by atoms with Gasteiger partial charge in [0.2, 0.25) is 5.88 Å². The van der Waals surface area contributed by atoms with Crippen LogP contribution in [0.4, 0.5) is 10.1 Å². The molecule has 0 aliphatic carbocycles. The number of aromatic nitrogens is 2. The predicted octanol–water partition coefficient (Wildman–Crippen LogP) is 3.86. The molecule has 2 N–H and O–H groups in total. The summed E-state index contributed by atoms with van der Waals surface area (Å²) in [4.78, 5) is 8.41. The Kier molecular flexibility index (Phi) is 6.62. The molecule has 2 aromatic carbocycles. The molecule has 0 amide bonds. The Bertz CT molecular complexity index is 910. The van der Waals surface area contributed by atoms with Gasteiger partial charge in [-0.25, -0.2) is 14.4 Å². The summed E-state index contributed by atoms with van der Waals surface area (Å²) in [5.41, 5.74) is 1.01. The molecule has 0 bridgehead atoms. The average Bonchev–Trinajstić information content (AvgIpc) is 2.67.